The molecule has 3 nitrogen and oxygen atoms in total. The summed E-state index contributed by atoms with van der Waals surface area (Å²) in [6, 6.07) is 26.6. The van der Waals surface area contributed by atoms with Crippen LogP contribution in [0.2, 0.25) is 0 Å². The van der Waals surface area contributed by atoms with E-state index in [4.69, 9.17) is 0 Å². The van der Waals surface area contributed by atoms with Crippen LogP contribution in [0.1, 0.15) is 48.8 Å². The molecule has 5 atom stereocenters. The fraction of sp³-hybridized carbons (Fsp3) is 0.312. The van der Waals surface area contributed by atoms with Gasteiger partial charge in [-0.3, -0.25) is 9.59 Å². The molecule has 2 fully saturated rings. The molecule has 5 unspecified atom stereocenters. The summed E-state index contributed by atoms with van der Waals surface area (Å²) in [5, 5.41) is 0. The maximum atomic E-state index is 14.6. The maximum Gasteiger partial charge on any atom is 0.238 e. The third-order valence-electron chi connectivity index (χ3n) is 8.81. The molecule has 1 spiro atoms. The summed E-state index contributed by atoms with van der Waals surface area (Å²) < 4.78 is 0.954. The molecule has 1 heterocycles. The predicted molar refractivity (Wildman–Crippen MR) is 148 cm³/mol. The lowest BCUT2D eigenvalue weighted by molar-refractivity contribution is -0.131. The molecular formula is C32H30BrNO2. The molecule has 1 aliphatic heterocycles. The average Bonchev–Trinajstić information content (AvgIpc) is 3.55. The summed E-state index contributed by atoms with van der Waals surface area (Å²) in [5.41, 5.74) is 3.33. The van der Waals surface area contributed by atoms with E-state index < -0.39 is 11.3 Å². The molecule has 6 rings (SSSR count). The van der Waals surface area contributed by atoms with Gasteiger partial charge in [0, 0.05) is 22.6 Å². The van der Waals surface area contributed by atoms with Crippen molar-refractivity contribution in [2.24, 2.45) is 17.8 Å². The van der Waals surface area contributed by atoms with Gasteiger partial charge in [-0.05, 0) is 78.5 Å². The normalized spacial score (nSPS) is 28.7. The first kappa shape index (κ1) is 23.4. The number of carbonyl (C=O) groups is 2. The van der Waals surface area contributed by atoms with Crippen molar-refractivity contribution in [1.29, 1.82) is 0 Å². The Morgan fingerprint density at radius 2 is 1.75 bits per heavy atom. The number of halogens is 1. The minimum absolute atomic E-state index is 0.0132. The van der Waals surface area contributed by atoms with Gasteiger partial charge in [0.15, 0.2) is 5.78 Å². The van der Waals surface area contributed by atoms with E-state index in [2.05, 4.69) is 52.3 Å². The Morgan fingerprint density at radius 1 is 1.03 bits per heavy atom. The van der Waals surface area contributed by atoms with Gasteiger partial charge in [0.05, 0.1) is 5.41 Å². The number of likely N-dealkylation sites (N-methyl/N-ethyl adjacent to an activating group) is 1. The fourth-order valence-corrected chi connectivity index (χ4v) is 7.96. The zero-order chi connectivity index (χ0) is 24.9. The van der Waals surface area contributed by atoms with Gasteiger partial charge in [-0.1, -0.05) is 89.1 Å². The van der Waals surface area contributed by atoms with Crippen LogP contribution < -0.4 is 4.90 Å². The SMILES string of the molecule is CCN1C(=O)C2(c3cc(Br)ccc31)C1CCCC1C(c1ccccc1)C2C(=O)C=Cc1ccccc1. The van der Waals surface area contributed by atoms with Crippen molar-refractivity contribution in [1.82, 2.24) is 0 Å². The molecule has 4 heteroatoms. The Hall–Kier alpha value is -2.98. The third kappa shape index (κ3) is 3.37. The van der Waals surface area contributed by atoms with E-state index in [1.54, 1.807) is 6.08 Å². The van der Waals surface area contributed by atoms with Crippen LogP contribution in [-0.4, -0.2) is 18.2 Å². The number of fused-ring (bicyclic) bond motifs is 4. The van der Waals surface area contributed by atoms with Crippen LogP contribution in [0.25, 0.3) is 6.08 Å². The highest BCUT2D eigenvalue weighted by atomic mass is 79.9. The highest BCUT2D eigenvalue weighted by Gasteiger charge is 2.70. The molecular weight excluding hydrogens is 510 g/mol. The number of amides is 1. The number of ketones is 1. The number of carbonyl (C=O) groups excluding carboxylic acids is 2. The van der Waals surface area contributed by atoms with Crippen LogP contribution in [0, 0.1) is 17.8 Å². The zero-order valence-corrected chi connectivity index (χ0v) is 22.0. The molecule has 0 N–H and O–H groups in total. The van der Waals surface area contributed by atoms with Gasteiger partial charge >= 0.3 is 0 Å². The third-order valence-corrected chi connectivity index (χ3v) is 9.30. The lowest BCUT2D eigenvalue weighted by atomic mass is 9.64. The molecule has 0 bridgehead atoms. The van der Waals surface area contributed by atoms with Crippen LogP contribution in [0.5, 0.6) is 0 Å². The number of benzene rings is 3. The Morgan fingerprint density at radius 3 is 2.47 bits per heavy atom. The van der Waals surface area contributed by atoms with Crippen molar-refractivity contribution in [2.45, 2.75) is 37.5 Å². The number of hydrogen-bond acceptors (Lipinski definition) is 2. The first-order valence-corrected chi connectivity index (χ1v) is 13.8. The molecule has 182 valence electrons. The maximum absolute atomic E-state index is 14.6. The number of hydrogen-bond donors (Lipinski definition) is 0. The van der Waals surface area contributed by atoms with E-state index in [1.165, 1.54) is 5.56 Å². The molecule has 2 saturated carbocycles. The van der Waals surface area contributed by atoms with E-state index >= 15 is 0 Å². The summed E-state index contributed by atoms with van der Waals surface area (Å²) in [6.45, 7) is 2.63. The second-order valence-electron chi connectivity index (χ2n) is 10.3. The Labute approximate surface area is 221 Å². The largest absolute Gasteiger partial charge is 0.312 e. The summed E-state index contributed by atoms with van der Waals surface area (Å²) in [4.78, 5) is 30.9. The summed E-state index contributed by atoms with van der Waals surface area (Å²) in [6.07, 6.45) is 6.78. The number of rotatable bonds is 5. The van der Waals surface area contributed by atoms with Crippen molar-refractivity contribution in [2.75, 3.05) is 11.4 Å². The number of nitrogens with zero attached hydrogens (tertiary/aromatic N) is 1. The highest BCUT2D eigenvalue weighted by Crippen LogP contribution is 2.68. The smallest absolute Gasteiger partial charge is 0.238 e. The second kappa shape index (κ2) is 9.15. The summed E-state index contributed by atoms with van der Waals surface area (Å²) in [5.74, 6) is 0.198. The first-order valence-electron chi connectivity index (χ1n) is 13.0. The van der Waals surface area contributed by atoms with E-state index in [9.17, 15) is 9.59 Å². The van der Waals surface area contributed by atoms with Crippen LogP contribution in [-0.2, 0) is 15.0 Å². The molecule has 3 aromatic rings. The Bertz CT molecular complexity index is 1330. The van der Waals surface area contributed by atoms with Crippen molar-refractivity contribution in [3.8, 4) is 0 Å². The molecule has 2 aliphatic carbocycles. The van der Waals surface area contributed by atoms with Gasteiger partial charge in [-0.2, -0.15) is 0 Å². The minimum atomic E-state index is -0.838. The zero-order valence-electron chi connectivity index (χ0n) is 20.4. The van der Waals surface area contributed by atoms with Gasteiger partial charge in [0.2, 0.25) is 5.91 Å². The number of allylic oxidation sites excluding steroid dienone is 1. The molecule has 0 radical (unpaired) electrons. The van der Waals surface area contributed by atoms with E-state index in [0.29, 0.717) is 12.5 Å². The fourth-order valence-electron chi connectivity index (χ4n) is 7.60. The lowest BCUT2D eigenvalue weighted by Gasteiger charge is -2.35. The molecule has 3 aromatic carbocycles. The number of anilines is 1. The Kier molecular flexibility index (Phi) is 5.95. The van der Waals surface area contributed by atoms with Gasteiger partial charge < -0.3 is 4.90 Å². The molecule has 3 aliphatic rings. The van der Waals surface area contributed by atoms with Crippen molar-refractivity contribution < 1.29 is 9.59 Å². The molecule has 1 amide bonds. The summed E-state index contributed by atoms with van der Waals surface area (Å²) >= 11 is 3.68. The van der Waals surface area contributed by atoms with Crippen LogP contribution in [0.4, 0.5) is 5.69 Å². The lowest BCUT2D eigenvalue weighted by Crippen LogP contribution is -2.49. The topological polar surface area (TPSA) is 37.4 Å². The van der Waals surface area contributed by atoms with E-state index in [1.807, 2.05) is 60.4 Å². The van der Waals surface area contributed by atoms with E-state index in [-0.39, 0.29) is 23.5 Å². The Balaban J connectivity index is 1.58. The standard InChI is InChI=1S/C32H30BrNO2/c1-2-34-27-18-17-23(33)20-26(27)32(31(34)36)25-15-9-14-24(25)29(22-12-7-4-8-13-22)30(32)28(35)19-16-21-10-5-3-6-11-21/h3-8,10-13,16-20,24-25,29-30H,2,9,14-15H2,1H3. The molecule has 36 heavy (non-hydrogen) atoms. The minimum Gasteiger partial charge on any atom is -0.312 e. The highest BCUT2D eigenvalue weighted by molar-refractivity contribution is 9.10. The van der Waals surface area contributed by atoms with Crippen LogP contribution in [0.15, 0.2) is 89.4 Å². The average molecular weight is 541 g/mol. The van der Waals surface area contributed by atoms with Crippen molar-refractivity contribution in [3.05, 3.63) is 106 Å². The van der Waals surface area contributed by atoms with Crippen molar-refractivity contribution in [3.63, 3.8) is 0 Å². The van der Waals surface area contributed by atoms with Crippen LogP contribution >= 0.6 is 15.9 Å². The van der Waals surface area contributed by atoms with Crippen molar-refractivity contribution >= 4 is 39.4 Å². The van der Waals surface area contributed by atoms with Gasteiger partial charge in [-0.15, -0.1) is 0 Å². The molecule has 0 aromatic heterocycles. The first-order chi connectivity index (χ1) is 17.6. The predicted octanol–water partition coefficient (Wildman–Crippen LogP) is 7.17. The van der Waals surface area contributed by atoms with Gasteiger partial charge in [-0.25, -0.2) is 0 Å². The van der Waals surface area contributed by atoms with Gasteiger partial charge in [0.25, 0.3) is 0 Å². The summed E-state index contributed by atoms with van der Waals surface area (Å²) in [7, 11) is 0. The molecule has 0 saturated heterocycles. The monoisotopic (exact) mass is 539 g/mol. The van der Waals surface area contributed by atoms with Crippen LogP contribution in [0.3, 0.4) is 0 Å². The second-order valence-corrected chi connectivity index (χ2v) is 11.3. The van der Waals surface area contributed by atoms with E-state index in [0.717, 1.165) is 40.5 Å². The van der Waals surface area contributed by atoms with Gasteiger partial charge in [0.1, 0.15) is 0 Å². The quantitative estimate of drug-likeness (QED) is 0.322.